The molecule has 2 aromatic rings. The van der Waals surface area contributed by atoms with Crippen molar-refractivity contribution in [2.75, 3.05) is 18.5 Å². The summed E-state index contributed by atoms with van der Waals surface area (Å²) in [5.74, 6) is -2.49. The SMILES string of the molecule is O=C(COC(=O)CCc1ccc(F)cc1)NCC(=O)Nc1ccc(F)cc1. The molecular formula is C19H18F2N2O4. The molecule has 0 fully saturated rings. The first-order valence-electron chi connectivity index (χ1n) is 8.14. The summed E-state index contributed by atoms with van der Waals surface area (Å²) in [6, 6.07) is 10.9. The number of amides is 2. The van der Waals surface area contributed by atoms with Crippen LogP contribution >= 0.6 is 0 Å². The van der Waals surface area contributed by atoms with Gasteiger partial charge in [0.1, 0.15) is 11.6 Å². The first kappa shape index (κ1) is 20.0. The molecular weight excluding hydrogens is 358 g/mol. The van der Waals surface area contributed by atoms with E-state index in [0.717, 1.165) is 5.56 Å². The molecule has 0 saturated heterocycles. The van der Waals surface area contributed by atoms with E-state index >= 15 is 0 Å². The van der Waals surface area contributed by atoms with E-state index in [-0.39, 0.29) is 18.8 Å². The van der Waals surface area contributed by atoms with Crippen LogP contribution in [0.2, 0.25) is 0 Å². The van der Waals surface area contributed by atoms with E-state index in [1.165, 1.54) is 36.4 Å². The fraction of sp³-hybridized carbons (Fsp3) is 0.211. The average Bonchev–Trinajstić information content (AvgIpc) is 2.66. The molecule has 0 radical (unpaired) electrons. The highest BCUT2D eigenvalue weighted by atomic mass is 19.1. The Bertz CT molecular complexity index is 792. The Hall–Kier alpha value is -3.29. The van der Waals surface area contributed by atoms with Crippen LogP contribution in [0, 0.1) is 11.6 Å². The maximum absolute atomic E-state index is 12.8. The van der Waals surface area contributed by atoms with Gasteiger partial charge in [0.15, 0.2) is 6.61 Å². The standard InChI is InChI=1S/C19H18F2N2O4/c20-14-4-1-13(2-5-14)3-10-19(26)27-12-18(25)22-11-17(24)23-16-8-6-15(21)7-9-16/h1-2,4-9H,3,10-12H2,(H,22,25)(H,23,24). The van der Waals surface area contributed by atoms with Crippen LogP contribution in [-0.2, 0) is 25.5 Å². The normalized spacial score (nSPS) is 10.1. The molecule has 2 rings (SSSR count). The number of hydrogen-bond donors (Lipinski definition) is 2. The highest BCUT2D eigenvalue weighted by Gasteiger charge is 2.10. The second kappa shape index (κ2) is 10.0. The van der Waals surface area contributed by atoms with E-state index in [4.69, 9.17) is 4.74 Å². The van der Waals surface area contributed by atoms with Gasteiger partial charge in [-0.1, -0.05) is 12.1 Å². The third-order valence-electron chi connectivity index (χ3n) is 3.47. The summed E-state index contributed by atoms with van der Waals surface area (Å²) in [6.07, 6.45) is 0.408. The molecule has 0 aliphatic heterocycles. The summed E-state index contributed by atoms with van der Waals surface area (Å²) in [7, 11) is 0. The monoisotopic (exact) mass is 376 g/mol. The maximum atomic E-state index is 12.8. The quantitative estimate of drug-likeness (QED) is 0.692. The molecule has 0 bridgehead atoms. The van der Waals surface area contributed by atoms with Crippen LogP contribution in [0.3, 0.4) is 0 Å². The molecule has 2 aromatic carbocycles. The second-order valence-electron chi connectivity index (χ2n) is 5.62. The summed E-state index contributed by atoms with van der Waals surface area (Å²) in [5, 5.41) is 4.78. The maximum Gasteiger partial charge on any atom is 0.306 e. The first-order chi connectivity index (χ1) is 12.9. The fourth-order valence-electron chi connectivity index (χ4n) is 2.08. The molecule has 0 aliphatic carbocycles. The Morgan fingerprint density at radius 3 is 2.07 bits per heavy atom. The van der Waals surface area contributed by atoms with Crippen molar-refractivity contribution in [2.24, 2.45) is 0 Å². The molecule has 6 nitrogen and oxygen atoms in total. The van der Waals surface area contributed by atoms with Crippen molar-refractivity contribution in [3.8, 4) is 0 Å². The van der Waals surface area contributed by atoms with Crippen molar-refractivity contribution in [1.82, 2.24) is 5.32 Å². The highest BCUT2D eigenvalue weighted by Crippen LogP contribution is 2.08. The summed E-state index contributed by atoms with van der Waals surface area (Å²) >= 11 is 0. The molecule has 2 amide bonds. The number of carbonyl (C=O) groups is 3. The van der Waals surface area contributed by atoms with Gasteiger partial charge in [-0.15, -0.1) is 0 Å². The minimum absolute atomic E-state index is 0.0456. The van der Waals surface area contributed by atoms with Crippen molar-refractivity contribution >= 4 is 23.5 Å². The van der Waals surface area contributed by atoms with Gasteiger partial charge in [0, 0.05) is 12.1 Å². The fourth-order valence-corrected chi connectivity index (χ4v) is 2.08. The van der Waals surface area contributed by atoms with Crippen molar-refractivity contribution in [3.63, 3.8) is 0 Å². The van der Waals surface area contributed by atoms with E-state index < -0.39 is 30.2 Å². The summed E-state index contributed by atoms with van der Waals surface area (Å²) in [6.45, 7) is -0.824. The minimum atomic E-state index is -0.626. The number of hydrogen-bond acceptors (Lipinski definition) is 4. The number of ether oxygens (including phenoxy) is 1. The summed E-state index contributed by atoms with van der Waals surface area (Å²) in [4.78, 5) is 34.9. The molecule has 2 N–H and O–H groups in total. The van der Waals surface area contributed by atoms with Gasteiger partial charge >= 0.3 is 5.97 Å². The Labute approximate surface area is 154 Å². The van der Waals surface area contributed by atoms with Crippen LogP contribution in [0.25, 0.3) is 0 Å². The van der Waals surface area contributed by atoms with Gasteiger partial charge in [-0.25, -0.2) is 8.78 Å². The van der Waals surface area contributed by atoms with E-state index in [0.29, 0.717) is 12.1 Å². The van der Waals surface area contributed by atoms with Crippen LogP contribution in [-0.4, -0.2) is 30.9 Å². The predicted octanol–water partition coefficient (Wildman–Crippen LogP) is 2.20. The van der Waals surface area contributed by atoms with Gasteiger partial charge in [-0.3, -0.25) is 14.4 Å². The van der Waals surface area contributed by atoms with E-state index in [2.05, 4.69) is 10.6 Å². The van der Waals surface area contributed by atoms with Crippen molar-refractivity contribution < 1.29 is 27.9 Å². The lowest BCUT2D eigenvalue weighted by molar-refractivity contribution is -0.148. The molecule has 0 saturated carbocycles. The summed E-state index contributed by atoms with van der Waals surface area (Å²) in [5.41, 5.74) is 1.16. The molecule has 0 unspecified atom stereocenters. The van der Waals surface area contributed by atoms with Crippen LogP contribution in [0.1, 0.15) is 12.0 Å². The Balaban J connectivity index is 1.62. The number of carbonyl (C=O) groups excluding carboxylic acids is 3. The lowest BCUT2D eigenvalue weighted by Gasteiger charge is -2.08. The van der Waals surface area contributed by atoms with Gasteiger partial charge in [0.2, 0.25) is 5.91 Å². The number of benzene rings is 2. The number of aryl methyl sites for hydroxylation is 1. The van der Waals surface area contributed by atoms with E-state index in [1.807, 2.05) is 0 Å². The Kier molecular flexibility index (Phi) is 7.42. The van der Waals surface area contributed by atoms with E-state index in [1.54, 1.807) is 12.1 Å². The van der Waals surface area contributed by atoms with Gasteiger partial charge in [0.05, 0.1) is 6.54 Å². The molecule has 8 heteroatoms. The minimum Gasteiger partial charge on any atom is -0.456 e. The number of esters is 1. The van der Waals surface area contributed by atoms with Crippen LogP contribution in [0.5, 0.6) is 0 Å². The number of anilines is 1. The summed E-state index contributed by atoms with van der Waals surface area (Å²) < 4.78 is 30.4. The molecule has 0 heterocycles. The zero-order chi connectivity index (χ0) is 19.6. The largest absolute Gasteiger partial charge is 0.456 e. The predicted molar refractivity (Wildman–Crippen MR) is 93.7 cm³/mol. The topological polar surface area (TPSA) is 84.5 Å². The molecule has 0 aromatic heterocycles. The average molecular weight is 376 g/mol. The van der Waals surface area contributed by atoms with Crippen molar-refractivity contribution in [1.29, 1.82) is 0 Å². The Morgan fingerprint density at radius 2 is 1.44 bits per heavy atom. The second-order valence-corrected chi connectivity index (χ2v) is 5.62. The number of rotatable bonds is 8. The smallest absolute Gasteiger partial charge is 0.306 e. The van der Waals surface area contributed by atoms with Crippen molar-refractivity contribution in [2.45, 2.75) is 12.8 Å². The Morgan fingerprint density at radius 1 is 0.852 bits per heavy atom. The van der Waals surface area contributed by atoms with Gasteiger partial charge < -0.3 is 15.4 Å². The van der Waals surface area contributed by atoms with Gasteiger partial charge in [-0.2, -0.15) is 0 Å². The van der Waals surface area contributed by atoms with Crippen LogP contribution in [0.15, 0.2) is 48.5 Å². The molecule has 27 heavy (non-hydrogen) atoms. The number of halogens is 2. The highest BCUT2D eigenvalue weighted by molar-refractivity contribution is 5.94. The zero-order valence-corrected chi connectivity index (χ0v) is 14.3. The van der Waals surface area contributed by atoms with Crippen molar-refractivity contribution in [3.05, 3.63) is 65.7 Å². The van der Waals surface area contributed by atoms with Gasteiger partial charge in [-0.05, 0) is 48.4 Å². The molecule has 142 valence electrons. The molecule has 0 aliphatic rings. The number of nitrogens with one attached hydrogen (secondary N) is 2. The molecule has 0 spiro atoms. The first-order valence-corrected chi connectivity index (χ1v) is 8.14. The lowest BCUT2D eigenvalue weighted by atomic mass is 10.1. The van der Waals surface area contributed by atoms with Gasteiger partial charge in [0.25, 0.3) is 5.91 Å². The third kappa shape index (κ3) is 7.64. The van der Waals surface area contributed by atoms with Crippen LogP contribution < -0.4 is 10.6 Å². The third-order valence-corrected chi connectivity index (χ3v) is 3.47. The zero-order valence-electron chi connectivity index (χ0n) is 14.3. The lowest BCUT2D eigenvalue weighted by Crippen LogP contribution is -2.35. The van der Waals surface area contributed by atoms with Crippen LogP contribution in [0.4, 0.5) is 14.5 Å². The van der Waals surface area contributed by atoms with E-state index in [9.17, 15) is 23.2 Å². The molecule has 0 atom stereocenters.